The lowest BCUT2D eigenvalue weighted by molar-refractivity contribution is -0.156. The molecule has 0 aromatic heterocycles. The van der Waals surface area contributed by atoms with Gasteiger partial charge in [0.05, 0.1) is 10.6 Å². The van der Waals surface area contributed by atoms with E-state index in [2.05, 4.69) is 5.32 Å². The topological polar surface area (TPSA) is 98.5 Å². The molecule has 22 heavy (non-hydrogen) atoms. The van der Waals surface area contributed by atoms with Crippen molar-refractivity contribution in [1.82, 2.24) is 5.32 Å². The van der Waals surface area contributed by atoms with Crippen LogP contribution in [0.25, 0.3) is 0 Å². The van der Waals surface area contributed by atoms with Crippen molar-refractivity contribution in [3.05, 3.63) is 34.9 Å². The summed E-state index contributed by atoms with van der Waals surface area (Å²) in [6.07, 6.45) is -1.06. The zero-order chi connectivity index (χ0) is 16.9. The molecule has 0 aliphatic carbocycles. The van der Waals surface area contributed by atoms with Crippen LogP contribution in [0.2, 0.25) is 5.02 Å². The number of nitrogens with one attached hydrogen (secondary N) is 1. The summed E-state index contributed by atoms with van der Waals surface area (Å²) in [5, 5.41) is 2.85. The summed E-state index contributed by atoms with van der Waals surface area (Å²) in [7, 11) is 0. The Kier molecular flexibility index (Phi) is 6.37. The fraction of sp³-hybridized carbons (Fsp3) is 0.400. The minimum Gasteiger partial charge on any atom is -0.451 e. The van der Waals surface area contributed by atoms with Crippen molar-refractivity contribution < 1.29 is 19.1 Å². The van der Waals surface area contributed by atoms with Crippen LogP contribution in [-0.4, -0.2) is 29.9 Å². The van der Waals surface area contributed by atoms with E-state index < -0.39 is 29.9 Å². The molecule has 1 aromatic rings. The third-order valence-corrected chi connectivity index (χ3v) is 3.35. The second-order valence-electron chi connectivity index (χ2n) is 5.16. The maximum absolute atomic E-state index is 12.2. The van der Waals surface area contributed by atoms with Gasteiger partial charge in [0.2, 0.25) is 0 Å². The molecule has 0 aliphatic rings. The van der Waals surface area contributed by atoms with E-state index in [1.54, 1.807) is 38.1 Å². The molecule has 120 valence electrons. The number of benzene rings is 1. The van der Waals surface area contributed by atoms with Crippen molar-refractivity contribution in [3.63, 3.8) is 0 Å². The highest BCUT2D eigenvalue weighted by Gasteiger charge is 2.29. The Hall–Kier alpha value is -2.08. The molecule has 0 heterocycles. The number of nitrogens with two attached hydrogens (primary N) is 1. The number of hydrogen-bond acceptors (Lipinski definition) is 4. The van der Waals surface area contributed by atoms with Crippen LogP contribution < -0.4 is 11.1 Å². The first-order valence-electron chi connectivity index (χ1n) is 6.79. The van der Waals surface area contributed by atoms with Gasteiger partial charge in [-0.05, 0) is 25.0 Å². The first kappa shape index (κ1) is 18.0. The zero-order valence-corrected chi connectivity index (χ0v) is 13.4. The van der Waals surface area contributed by atoms with E-state index in [1.807, 2.05) is 0 Å². The quantitative estimate of drug-likeness (QED) is 0.774. The third-order valence-electron chi connectivity index (χ3n) is 3.02. The van der Waals surface area contributed by atoms with Crippen LogP contribution in [0, 0.1) is 5.92 Å². The lowest BCUT2D eigenvalue weighted by Crippen LogP contribution is -2.47. The van der Waals surface area contributed by atoms with Gasteiger partial charge < -0.3 is 15.8 Å². The largest absolute Gasteiger partial charge is 0.451 e. The van der Waals surface area contributed by atoms with E-state index in [0.717, 1.165) is 0 Å². The van der Waals surface area contributed by atoms with Crippen LogP contribution in [0.4, 0.5) is 0 Å². The summed E-state index contributed by atoms with van der Waals surface area (Å²) in [4.78, 5) is 35.2. The minimum absolute atomic E-state index is 0.237. The molecule has 3 N–H and O–H groups in total. The number of esters is 1. The van der Waals surface area contributed by atoms with E-state index in [1.165, 1.54) is 6.92 Å². The molecule has 0 radical (unpaired) electrons. The highest BCUT2D eigenvalue weighted by atomic mass is 35.5. The number of rotatable bonds is 6. The molecule has 0 spiro atoms. The van der Waals surface area contributed by atoms with E-state index in [0.29, 0.717) is 0 Å². The van der Waals surface area contributed by atoms with Gasteiger partial charge in [-0.2, -0.15) is 0 Å². The molecular formula is C15H19ClN2O4. The number of ether oxygens (including phenoxy) is 1. The highest BCUT2D eigenvalue weighted by Crippen LogP contribution is 2.16. The molecule has 0 saturated heterocycles. The summed E-state index contributed by atoms with van der Waals surface area (Å²) in [6, 6.07) is 5.58. The van der Waals surface area contributed by atoms with Gasteiger partial charge >= 0.3 is 5.97 Å². The maximum Gasteiger partial charge on any atom is 0.329 e. The number of carbonyl (C=O) groups excluding carboxylic acids is 3. The van der Waals surface area contributed by atoms with Gasteiger partial charge in [-0.1, -0.05) is 37.6 Å². The number of hydrogen-bond donors (Lipinski definition) is 2. The zero-order valence-electron chi connectivity index (χ0n) is 12.6. The molecule has 2 amide bonds. The summed E-state index contributed by atoms with van der Waals surface area (Å²) in [6.45, 7) is 4.86. The molecule has 1 rings (SSSR count). The molecule has 6 nitrogen and oxygen atoms in total. The lowest BCUT2D eigenvalue weighted by Gasteiger charge is -2.22. The van der Waals surface area contributed by atoms with Gasteiger partial charge in [-0.25, -0.2) is 4.79 Å². The summed E-state index contributed by atoms with van der Waals surface area (Å²) in [5.41, 5.74) is 5.31. The first-order chi connectivity index (χ1) is 10.2. The maximum atomic E-state index is 12.2. The monoisotopic (exact) mass is 326 g/mol. The van der Waals surface area contributed by atoms with Gasteiger partial charge in [0, 0.05) is 0 Å². The molecule has 2 atom stereocenters. The van der Waals surface area contributed by atoms with Crippen LogP contribution in [0.1, 0.15) is 31.1 Å². The van der Waals surface area contributed by atoms with Crippen molar-refractivity contribution in [2.24, 2.45) is 11.7 Å². The van der Waals surface area contributed by atoms with Crippen LogP contribution in [0.5, 0.6) is 0 Å². The molecule has 0 fully saturated rings. The summed E-state index contributed by atoms with van der Waals surface area (Å²) < 4.78 is 4.94. The Bertz CT molecular complexity index is 574. The van der Waals surface area contributed by atoms with Crippen LogP contribution in [-0.2, 0) is 14.3 Å². The van der Waals surface area contributed by atoms with Crippen molar-refractivity contribution in [2.45, 2.75) is 32.9 Å². The summed E-state index contributed by atoms with van der Waals surface area (Å²) >= 11 is 5.95. The number of carbonyl (C=O) groups is 3. The predicted molar refractivity (Wildman–Crippen MR) is 82.3 cm³/mol. The number of amides is 2. The fourth-order valence-electron chi connectivity index (χ4n) is 1.67. The molecule has 7 heteroatoms. The van der Waals surface area contributed by atoms with Gasteiger partial charge in [-0.15, -0.1) is 0 Å². The van der Waals surface area contributed by atoms with E-state index in [9.17, 15) is 14.4 Å². The second-order valence-corrected chi connectivity index (χ2v) is 5.56. The standard InChI is InChI=1S/C15H19ClN2O4/c1-8(2)12(15(21)22-9(3)13(17)19)18-14(20)10-6-4-5-7-11(10)16/h4-9,12H,1-3H3,(H2,17,19)(H,18,20)/t9?,12-/m0/s1. The van der Waals surface area contributed by atoms with E-state index >= 15 is 0 Å². The normalized spacial score (nSPS) is 13.3. The van der Waals surface area contributed by atoms with Crippen LogP contribution in [0.3, 0.4) is 0 Å². The number of primary amides is 1. The van der Waals surface area contributed by atoms with Crippen molar-refractivity contribution in [2.75, 3.05) is 0 Å². The minimum atomic E-state index is -1.06. The van der Waals surface area contributed by atoms with Gasteiger partial charge in [0.25, 0.3) is 11.8 Å². The van der Waals surface area contributed by atoms with Crippen molar-refractivity contribution in [3.8, 4) is 0 Å². The van der Waals surface area contributed by atoms with E-state index in [-0.39, 0.29) is 16.5 Å². The highest BCUT2D eigenvalue weighted by molar-refractivity contribution is 6.33. The fourth-order valence-corrected chi connectivity index (χ4v) is 1.89. The van der Waals surface area contributed by atoms with Crippen molar-refractivity contribution in [1.29, 1.82) is 0 Å². The average Bonchev–Trinajstić information content (AvgIpc) is 2.44. The van der Waals surface area contributed by atoms with Gasteiger partial charge in [-0.3, -0.25) is 9.59 Å². The Morgan fingerprint density at radius 3 is 2.27 bits per heavy atom. The lowest BCUT2D eigenvalue weighted by atomic mass is 10.0. The molecule has 1 unspecified atom stereocenters. The second kappa shape index (κ2) is 7.79. The molecule has 0 bridgehead atoms. The van der Waals surface area contributed by atoms with Crippen molar-refractivity contribution >= 4 is 29.4 Å². The van der Waals surface area contributed by atoms with Crippen LogP contribution >= 0.6 is 11.6 Å². The SMILES string of the molecule is CC(OC(=O)[C@@H](NC(=O)c1ccccc1Cl)C(C)C)C(N)=O. The molecule has 0 aliphatic heterocycles. The third kappa shape index (κ3) is 4.73. The molecular weight excluding hydrogens is 308 g/mol. The Balaban J connectivity index is 2.84. The van der Waals surface area contributed by atoms with Crippen LogP contribution in [0.15, 0.2) is 24.3 Å². The first-order valence-corrected chi connectivity index (χ1v) is 7.17. The smallest absolute Gasteiger partial charge is 0.329 e. The average molecular weight is 327 g/mol. The predicted octanol–water partition coefficient (Wildman–Crippen LogP) is 1.51. The van der Waals surface area contributed by atoms with Gasteiger partial charge in [0.1, 0.15) is 6.04 Å². The molecule has 0 saturated carbocycles. The Labute approximate surface area is 134 Å². The number of halogens is 1. The molecule has 1 aromatic carbocycles. The summed E-state index contributed by atoms with van der Waals surface area (Å²) in [5.74, 6) is -2.21. The van der Waals surface area contributed by atoms with Gasteiger partial charge in [0.15, 0.2) is 6.10 Å². The Morgan fingerprint density at radius 1 is 1.18 bits per heavy atom. The Morgan fingerprint density at radius 2 is 1.77 bits per heavy atom. The van der Waals surface area contributed by atoms with E-state index in [4.69, 9.17) is 22.1 Å².